The molecule has 18 rings (SSSR count). The van der Waals surface area contributed by atoms with Gasteiger partial charge >= 0.3 is 6.61 Å². The lowest BCUT2D eigenvalue weighted by molar-refractivity contribution is -0.0515. The molecule has 6 fully saturated rings. The lowest BCUT2D eigenvalue weighted by Gasteiger charge is -2.23. The number of nitrogens with zero attached hydrogens (tertiary/aromatic N) is 12. The van der Waals surface area contributed by atoms with Crippen molar-refractivity contribution in [3.63, 3.8) is 0 Å². The summed E-state index contributed by atoms with van der Waals surface area (Å²) >= 11 is 12.5. The van der Waals surface area contributed by atoms with E-state index in [1.807, 2.05) is 135 Å². The number of carbonyl (C=O) groups excluding carboxylic acids is 2. The number of halogens is 4. The minimum absolute atomic E-state index is 0.0611. The maximum Gasteiger partial charge on any atom is 0.387 e. The first-order valence-electron chi connectivity index (χ1n) is 49.6. The molecule has 2 amide bonds. The van der Waals surface area contributed by atoms with Crippen LogP contribution in [0.4, 0.5) is 37.2 Å². The van der Waals surface area contributed by atoms with Crippen molar-refractivity contribution in [2.45, 2.75) is 211 Å². The third-order valence-electron chi connectivity index (χ3n) is 26.0. The summed E-state index contributed by atoms with van der Waals surface area (Å²) < 4.78 is 93.3. The maximum atomic E-state index is 12.7. The van der Waals surface area contributed by atoms with Crippen molar-refractivity contribution in [2.24, 2.45) is 5.92 Å². The van der Waals surface area contributed by atoms with Crippen molar-refractivity contribution in [3.8, 4) is 69.0 Å². The van der Waals surface area contributed by atoms with Crippen LogP contribution in [0.1, 0.15) is 190 Å². The molecule has 26 nitrogen and oxygen atoms in total. The van der Waals surface area contributed by atoms with Gasteiger partial charge in [-0.2, -0.15) is 8.78 Å². The average Bonchev–Trinajstić information content (AvgIpc) is 1.40. The number of benzene rings is 6. The molecule has 0 unspecified atom stereocenters. The van der Waals surface area contributed by atoms with E-state index in [9.17, 15) is 18.4 Å². The number of anilines is 5. The van der Waals surface area contributed by atoms with E-state index in [2.05, 4.69) is 118 Å². The first-order chi connectivity index (χ1) is 70.1. The number of ether oxygens (including phenoxy) is 12. The molecule has 0 saturated heterocycles. The predicted molar refractivity (Wildman–Crippen MR) is 563 cm³/mol. The Morgan fingerprint density at radius 3 is 1.09 bits per heavy atom. The molecule has 6 saturated carbocycles. The summed E-state index contributed by atoms with van der Waals surface area (Å²) in [4.78, 5) is 61.3. The summed E-state index contributed by atoms with van der Waals surface area (Å²) in [5, 5.41) is 1.13. The van der Waals surface area contributed by atoms with Gasteiger partial charge in [0.1, 0.15) is 0 Å². The molecule has 30 heteroatoms. The second-order valence-corrected chi connectivity index (χ2v) is 37.6. The Morgan fingerprint density at radius 1 is 0.319 bits per heavy atom. The molecule has 144 heavy (non-hydrogen) atoms. The fourth-order valence-corrected chi connectivity index (χ4v) is 18.2. The zero-order valence-corrected chi connectivity index (χ0v) is 86.0. The van der Waals surface area contributed by atoms with Gasteiger partial charge in [-0.05, 0) is 303 Å². The Balaban J connectivity index is 0.000000145. The summed E-state index contributed by atoms with van der Waals surface area (Å²) in [6, 6.07) is 53.5. The summed E-state index contributed by atoms with van der Waals surface area (Å²) in [5.74, 6) is 8.11. The Morgan fingerprint density at radius 2 is 0.681 bits per heavy atom. The number of amides is 2. The van der Waals surface area contributed by atoms with Crippen LogP contribution in [0, 0.1) is 5.92 Å². The van der Waals surface area contributed by atoms with Gasteiger partial charge in [-0.1, -0.05) is 35.3 Å². The fourth-order valence-electron chi connectivity index (χ4n) is 17.7. The third-order valence-corrected chi connectivity index (χ3v) is 26.7. The number of carbonyl (C=O) groups is 2. The molecule has 6 aliphatic carbocycles. The van der Waals surface area contributed by atoms with Crippen LogP contribution in [0.25, 0.3) is 0 Å². The Labute approximate surface area is 856 Å². The number of methoxy groups -OCH3 is 5. The van der Waals surface area contributed by atoms with Gasteiger partial charge in [0.05, 0.1) is 82.7 Å². The smallest absolute Gasteiger partial charge is 0.387 e. The molecule has 6 aromatic heterocycles. The van der Waals surface area contributed by atoms with Crippen LogP contribution in [0.3, 0.4) is 0 Å². The molecule has 0 N–H and O–H groups in total. The zero-order chi connectivity index (χ0) is 101. The highest BCUT2D eigenvalue weighted by Gasteiger charge is 2.29. The minimum Gasteiger partial charge on any atom is -0.493 e. The largest absolute Gasteiger partial charge is 0.493 e. The Hall–Kier alpha value is -13.6. The van der Waals surface area contributed by atoms with Crippen molar-refractivity contribution in [3.05, 3.63) is 293 Å². The van der Waals surface area contributed by atoms with Crippen LogP contribution >= 0.6 is 23.2 Å². The molecule has 0 spiro atoms. The van der Waals surface area contributed by atoms with E-state index in [1.165, 1.54) is 99.1 Å². The van der Waals surface area contributed by atoms with E-state index in [-0.39, 0.29) is 35.5 Å². The van der Waals surface area contributed by atoms with Gasteiger partial charge in [0.15, 0.2) is 69.0 Å². The van der Waals surface area contributed by atoms with Crippen molar-refractivity contribution in [1.29, 1.82) is 0 Å². The monoisotopic (exact) mass is 2000 g/mol. The van der Waals surface area contributed by atoms with Gasteiger partial charge in [0, 0.05) is 219 Å². The molecule has 0 bridgehead atoms. The van der Waals surface area contributed by atoms with Crippen molar-refractivity contribution in [2.75, 3.05) is 109 Å². The van der Waals surface area contributed by atoms with Crippen LogP contribution in [-0.2, 0) is 32.7 Å². The van der Waals surface area contributed by atoms with Gasteiger partial charge in [-0.25, -0.2) is 0 Å². The topological polar surface area (TPSA) is 242 Å². The molecular formula is C114H136Cl2F2N12O14. The van der Waals surface area contributed by atoms with Crippen LogP contribution in [-0.4, -0.2) is 168 Å². The highest BCUT2D eigenvalue weighted by molar-refractivity contribution is 6.35. The second-order valence-electron chi connectivity index (χ2n) is 36.8. The lowest BCUT2D eigenvalue weighted by Crippen LogP contribution is -2.26. The summed E-state index contributed by atoms with van der Waals surface area (Å²) in [7, 11) is 20.0. The van der Waals surface area contributed by atoms with Gasteiger partial charge < -0.3 is 86.2 Å². The Kier molecular flexibility index (Phi) is 41.8. The molecule has 0 atom stereocenters. The number of hydrogen-bond acceptors (Lipinski definition) is 24. The highest BCUT2D eigenvalue weighted by atomic mass is 35.5. The molecule has 0 aliphatic heterocycles. The van der Waals surface area contributed by atoms with E-state index in [1.54, 1.807) is 115 Å². The SMILES string of the molecule is CN(Cc1ccncc1)C(=O)c1ccc(OC(F)F)c(OCC2CC2)c1.COc1ccc(CN(C)c2ccncc2)cc1OC1CCCC1.COc1ccc(N(C)C(=O)c2ccncc2)cc1OC1CCCC1.COc1ccc(N(C)Cc2c(Cl)cncc2Cl)cc1OC1CCCC1.COc1ccc(N(C)Cc2cccnc2)cc1OC1CCCC1.COc1ccc(N(C)Cc2ccncc2)cc1OC1CCCC1. The first-order valence-corrected chi connectivity index (χ1v) is 50.4. The minimum atomic E-state index is -2.95. The van der Waals surface area contributed by atoms with Crippen LogP contribution in [0.2, 0.25) is 10.0 Å². The van der Waals surface area contributed by atoms with Crippen LogP contribution in [0.15, 0.2) is 244 Å². The van der Waals surface area contributed by atoms with E-state index in [0.717, 1.165) is 182 Å². The maximum absolute atomic E-state index is 12.7. The summed E-state index contributed by atoms with van der Waals surface area (Å²) in [6.07, 6.45) is 48.0. The van der Waals surface area contributed by atoms with E-state index in [4.69, 9.17) is 75.3 Å². The molecule has 6 heterocycles. The van der Waals surface area contributed by atoms with Crippen molar-refractivity contribution >= 4 is 63.5 Å². The van der Waals surface area contributed by atoms with Gasteiger partial charge in [-0.3, -0.25) is 39.5 Å². The summed E-state index contributed by atoms with van der Waals surface area (Å²) in [5.41, 5.74) is 11.5. The molecule has 6 aromatic carbocycles. The molecule has 12 aromatic rings. The second kappa shape index (κ2) is 55.9. The van der Waals surface area contributed by atoms with Gasteiger partial charge in [0.25, 0.3) is 11.8 Å². The number of pyridine rings is 6. The third kappa shape index (κ3) is 33.0. The predicted octanol–water partition coefficient (Wildman–Crippen LogP) is 24.9. The van der Waals surface area contributed by atoms with Gasteiger partial charge in [-0.15, -0.1) is 0 Å². The van der Waals surface area contributed by atoms with Crippen LogP contribution in [0.5, 0.6) is 69.0 Å². The normalized spacial score (nSPS) is 14.4. The Bertz CT molecular complexity index is 5780. The number of hydrogen-bond donors (Lipinski definition) is 0. The zero-order valence-electron chi connectivity index (χ0n) is 84.5. The molecule has 764 valence electrons. The van der Waals surface area contributed by atoms with E-state index < -0.39 is 6.61 Å². The van der Waals surface area contributed by atoms with Crippen molar-refractivity contribution in [1.82, 2.24) is 34.8 Å². The van der Waals surface area contributed by atoms with Crippen molar-refractivity contribution < 1.29 is 75.2 Å². The number of rotatable bonds is 37. The molecular weight excluding hydrogens is 1870 g/mol. The number of aromatic nitrogens is 6. The summed E-state index contributed by atoms with van der Waals surface area (Å²) in [6.45, 7) is 0.929. The first kappa shape index (κ1) is 108. The molecule has 0 radical (unpaired) electrons. The average molecular weight is 2010 g/mol. The quantitative estimate of drug-likeness (QED) is 0.0351. The standard InChI is InChI=1S/C19H22Cl2N2O2.C19H20F2N2O3.C19H22N2O3.3C19H24N2O2/c1-23(12-15-16(20)10-22-11-17(15)21)13-7-8-18(24-2)19(9-13)25-14-5-3-4-6-14;1-23(11-13-6-8-22-9-7-13)18(24)15-4-5-16(26-19(20)21)17(10-15)25-12-14-2-3-14;1-21(19(22)14-9-11-20-12-10-14)15-7-8-17(23-2)18(13-15)24-16-5-3-4-6-16;1-21(14-15-6-5-11-20-13-15)16-9-10-18(22-2)19(12-16)23-17-7-3-4-8-17;1-21(14-15-9-11-20-12-10-15)16-7-8-18(22-2)19(13-16)23-17-5-3-4-6-17;1-21(16-9-11-20-12-10-16)14-15-7-8-18(22-2)19(13-15)23-17-5-3-4-6-17/h7-11,14H,3-6,12H2,1-2H3;4-10,14,19H,2-3,11-12H2,1H3;7-13,16H,3-6H2,1-2H3;5-6,9-13,17H,3-4,7-8,14H2,1-2H3;2*7-13,17H,3-6,14H2,1-2H3. The highest BCUT2D eigenvalue weighted by Crippen LogP contribution is 2.43. The van der Waals surface area contributed by atoms with E-state index in [0.29, 0.717) is 76.6 Å². The molecule has 6 aliphatic rings. The van der Waals surface area contributed by atoms with E-state index >= 15 is 0 Å². The van der Waals surface area contributed by atoms with Gasteiger partial charge in [0.2, 0.25) is 0 Å². The lowest BCUT2D eigenvalue weighted by atomic mass is 10.1. The van der Waals surface area contributed by atoms with Crippen LogP contribution < -0.4 is 81.3 Å². The fraction of sp³-hybridized carbons (Fsp3) is 0.404. The number of alkyl halides is 2.